The van der Waals surface area contributed by atoms with Crippen molar-refractivity contribution in [3.8, 4) is 28.7 Å². The van der Waals surface area contributed by atoms with Gasteiger partial charge in [0.15, 0.2) is 5.78 Å². The number of carbonyl (C=O) groups excluding carboxylic acids is 1. The van der Waals surface area contributed by atoms with Gasteiger partial charge in [-0.25, -0.2) is 0 Å². The second-order valence-corrected chi connectivity index (χ2v) is 7.42. The molecule has 0 saturated heterocycles. The van der Waals surface area contributed by atoms with Crippen LogP contribution in [0.4, 0.5) is 0 Å². The third-order valence-electron chi connectivity index (χ3n) is 5.03. The van der Waals surface area contributed by atoms with Crippen LogP contribution in [0.1, 0.15) is 41.3 Å². The molecule has 0 aliphatic carbocycles. The highest BCUT2D eigenvalue weighted by atomic mass is 16.5. The van der Waals surface area contributed by atoms with Crippen molar-refractivity contribution >= 4 is 11.9 Å². The van der Waals surface area contributed by atoms with E-state index in [1.165, 1.54) is 13.2 Å². The lowest BCUT2D eigenvalue weighted by Crippen LogP contribution is -2.29. The largest absolute Gasteiger partial charge is 0.507 e. The Morgan fingerprint density at radius 3 is 2.61 bits per heavy atom. The summed E-state index contributed by atoms with van der Waals surface area (Å²) < 4.78 is 22.5. The Balaban J connectivity index is 1.77. The Morgan fingerprint density at radius 2 is 1.89 bits per heavy atom. The minimum atomic E-state index is -0.601. The summed E-state index contributed by atoms with van der Waals surface area (Å²) in [4.78, 5) is 13.2. The molecule has 2 aliphatic rings. The zero-order chi connectivity index (χ0) is 20.1. The molecule has 0 saturated carbocycles. The van der Waals surface area contributed by atoms with Gasteiger partial charge in [0.05, 0.1) is 20.1 Å². The maximum Gasteiger partial charge on any atom is 0.181 e. The lowest BCUT2D eigenvalue weighted by molar-refractivity contribution is 0.0889. The molecule has 146 valence electrons. The molecule has 0 fully saturated rings. The Kier molecular flexibility index (Phi) is 4.22. The summed E-state index contributed by atoms with van der Waals surface area (Å²) in [5, 5.41) is 10.3. The van der Waals surface area contributed by atoms with Gasteiger partial charge >= 0.3 is 0 Å². The Labute approximate surface area is 163 Å². The average Bonchev–Trinajstić information content (AvgIpc) is 2.66. The molecule has 0 amide bonds. The number of hydrogen-bond acceptors (Lipinski definition) is 6. The minimum absolute atomic E-state index is 0.143. The molecule has 1 N–H and O–H groups in total. The number of phenolic OH excluding ortho intramolecular Hbond substituents is 1. The van der Waals surface area contributed by atoms with Crippen LogP contribution in [0.2, 0.25) is 0 Å². The second kappa shape index (κ2) is 6.48. The van der Waals surface area contributed by atoms with Gasteiger partial charge in [-0.15, -0.1) is 0 Å². The van der Waals surface area contributed by atoms with E-state index in [0.717, 1.165) is 5.56 Å². The number of fused-ring (bicyclic) bond motifs is 2. The van der Waals surface area contributed by atoms with Crippen LogP contribution in [0, 0.1) is 0 Å². The van der Waals surface area contributed by atoms with E-state index < -0.39 is 11.5 Å². The molecule has 6 nitrogen and oxygen atoms in total. The summed E-state index contributed by atoms with van der Waals surface area (Å²) in [6.07, 6.45) is 3.95. The highest BCUT2D eigenvalue weighted by molar-refractivity contribution is 6.07. The average molecular weight is 382 g/mol. The molecule has 0 radical (unpaired) electrons. The Morgan fingerprint density at radius 1 is 1.11 bits per heavy atom. The fourth-order valence-electron chi connectivity index (χ4n) is 3.58. The third-order valence-corrected chi connectivity index (χ3v) is 5.03. The monoisotopic (exact) mass is 382 g/mol. The first-order valence-corrected chi connectivity index (χ1v) is 9.01. The molecule has 0 spiro atoms. The van der Waals surface area contributed by atoms with Gasteiger partial charge < -0.3 is 24.1 Å². The summed E-state index contributed by atoms with van der Waals surface area (Å²) >= 11 is 0. The number of hydrogen-bond donors (Lipinski definition) is 1. The first kappa shape index (κ1) is 18.2. The number of phenols is 1. The van der Waals surface area contributed by atoms with E-state index in [2.05, 4.69) is 0 Å². The van der Waals surface area contributed by atoms with Gasteiger partial charge in [0, 0.05) is 29.3 Å². The summed E-state index contributed by atoms with van der Waals surface area (Å²) in [5.74, 6) is 1.01. The number of aromatic hydroxyl groups is 1. The van der Waals surface area contributed by atoms with Crippen molar-refractivity contribution < 1.29 is 28.8 Å². The molecule has 0 bridgehead atoms. The summed E-state index contributed by atoms with van der Waals surface area (Å²) in [7, 11) is 3.04. The molecule has 28 heavy (non-hydrogen) atoms. The van der Waals surface area contributed by atoms with E-state index in [-0.39, 0.29) is 23.7 Å². The summed E-state index contributed by atoms with van der Waals surface area (Å²) in [5.41, 5.74) is 1.31. The molecule has 2 aromatic carbocycles. The van der Waals surface area contributed by atoms with Crippen LogP contribution < -0.4 is 18.9 Å². The van der Waals surface area contributed by atoms with Gasteiger partial charge in [-0.05, 0) is 26.0 Å². The highest BCUT2D eigenvalue weighted by Gasteiger charge is 2.36. The number of Topliss-reactive ketones (excluding diaryl/α,β-unsaturated/α-hetero) is 1. The standard InChI is InChI=1S/C22H22O6/c1-22(2)6-5-12-7-14(18(26-4)10-17(12)28-22)15-11-27-19-9-13(25-3)8-16(23)20(19)21(15)24/h5-10,15,23H,11H2,1-4H3/t15-/m1/s1. The van der Waals surface area contributed by atoms with Gasteiger partial charge in [-0.1, -0.05) is 6.08 Å². The van der Waals surface area contributed by atoms with E-state index in [0.29, 0.717) is 28.6 Å². The lowest BCUT2D eigenvalue weighted by atomic mass is 9.86. The van der Waals surface area contributed by atoms with Crippen LogP contribution in [0.3, 0.4) is 0 Å². The molecular formula is C22H22O6. The number of benzene rings is 2. The molecule has 2 aliphatic heterocycles. The van der Waals surface area contributed by atoms with Gasteiger partial charge in [0.1, 0.15) is 46.5 Å². The molecule has 4 rings (SSSR count). The van der Waals surface area contributed by atoms with E-state index in [1.807, 2.05) is 32.1 Å². The SMILES string of the molecule is COc1cc(O)c2c(c1)OC[C@H](c1cc3c(cc1OC)OC(C)(C)C=C3)C2=O. The number of carbonyl (C=O) groups is 1. The third kappa shape index (κ3) is 2.95. The summed E-state index contributed by atoms with van der Waals surface area (Å²) in [6, 6.07) is 6.70. The van der Waals surface area contributed by atoms with Crippen molar-refractivity contribution in [1.82, 2.24) is 0 Å². The van der Waals surface area contributed by atoms with Crippen LogP contribution >= 0.6 is 0 Å². The predicted octanol–water partition coefficient (Wildman–Crippen LogP) is 3.95. The van der Waals surface area contributed by atoms with E-state index in [4.69, 9.17) is 18.9 Å². The van der Waals surface area contributed by atoms with E-state index in [9.17, 15) is 9.90 Å². The van der Waals surface area contributed by atoms with Crippen molar-refractivity contribution in [3.63, 3.8) is 0 Å². The first-order valence-electron chi connectivity index (χ1n) is 9.01. The van der Waals surface area contributed by atoms with Crippen LogP contribution in [0.5, 0.6) is 28.7 Å². The van der Waals surface area contributed by atoms with Gasteiger partial charge in [0.25, 0.3) is 0 Å². The van der Waals surface area contributed by atoms with Crippen LogP contribution in [0.15, 0.2) is 30.3 Å². The first-order chi connectivity index (χ1) is 13.3. The molecule has 0 aromatic heterocycles. The van der Waals surface area contributed by atoms with Crippen LogP contribution in [-0.2, 0) is 0 Å². The maximum atomic E-state index is 13.2. The molecule has 6 heteroatoms. The molecule has 1 atom stereocenters. The zero-order valence-corrected chi connectivity index (χ0v) is 16.2. The van der Waals surface area contributed by atoms with Crippen molar-refractivity contribution in [1.29, 1.82) is 0 Å². The molecule has 2 heterocycles. The lowest BCUT2D eigenvalue weighted by Gasteiger charge is -2.30. The molecule has 0 unspecified atom stereocenters. The van der Waals surface area contributed by atoms with Crippen LogP contribution in [-0.4, -0.2) is 37.3 Å². The predicted molar refractivity (Wildman–Crippen MR) is 104 cm³/mol. The second-order valence-electron chi connectivity index (χ2n) is 7.42. The Hall–Kier alpha value is -3.15. The van der Waals surface area contributed by atoms with Crippen LogP contribution in [0.25, 0.3) is 6.08 Å². The van der Waals surface area contributed by atoms with Gasteiger partial charge in [-0.2, -0.15) is 0 Å². The summed E-state index contributed by atoms with van der Waals surface area (Å²) in [6.45, 7) is 4.09. The molecule has 2 aromatic rings. The number of rotatable bonds is 3. The smallest absolute Gasteiger partial charge is 0.181 e. The van der Waals surface area contributed by atoms with Crippen molar-refractivity contribution in [2.45, 2.75) is 25.4 Å². The number of methoxy groups -OCH3 is 2. The quantitative estimate of drug-likeness (QED) is 0.866. The minimum Gasteiger partial charge on any atom is -0.507 e. The zero-order valence-electron chi connectivity index (χ0n) is 16.2. The fourth-order valence-corrected chi connectivity index (χ4v) is 3.58. The maximum absolute atomic E-state index is 13.2. The Bertz CT molecular complexity index is 989. The van der Waals surface area contributed by atoms with Gasteiger partial charge in [0.2, 0.25) is 0 Å². The van der Waals surface area contributed by atoms with Crippen molar-refractivity contribution in [3.05, 3.63) is 47.0 Å². The fraction of sp³-hybridized carbons (Fsp3) is 0.318. The van der Waals surface area contributed by atoms with Crippen molar-refractivity contribution in [2.75, 3.05) is 20.8 Å². The normalized spacial score (nSPS) is 19.1. The topological polar surface area (TPSA) is 74.2 Å². The van der Waals surface area contributed by atoms with E-state index >= 15 is 0 Å². The number of ether oxygens (including phenoxy) is 4. The van der Waals surface area contributed by atoms with E-state index in [1.54, 1.807) is 19.2 Å². The van der Waals surface area contributed by atoms with Crippen molar-refractivity contribution in [2.24, 2.45) is 0 Å². The van der Waals surface area contributed by atoms with Gasteiger partial charge in [-0.3, -0.25) is 4.79 Å². The molecular weight excluding hydrogens is 360 g/mol. The highest BCUT2D eigenvalue weighted by Crippen LogP contribution is 2.44. The number of ketones is 1.